The first-order valence-corrected chi connectivity index (χ1v) is 12.4. The van der Waals surface area contributed by atoms with Crippen molar-refractivity contribution in [3.63, 3.8) is 0 Å². The average Bonchev–Trinajstić information content (AvgIpc) is 3.04. The Bertz CT molecular complexity index is 1350. The molecule has 0 atom stereocenters. The number of hydrazine groups is 1. The third-order valence-corrected chi connectivity index (χ3v) is 6.97. The molecule has 2 aromatic carbocycles. The summed E-state index contributed by atoms with van der Waals surface area (Å²) in [6, 6.07) is 12.6. The fourth-order valence-electron chi connectivity index (χ4n) is 4.80. The van der Waals surface area contributed by atoms with Gasteiger partial charge in [-0.3, -0.25) is 10.2 Å². The zero-order valence-corrected chi connectivity index (χ0v) is 22.3. The van der Waals surface area contributed by atoms with Crippen molar-refractivity contribution in [2.75, 3.05) is 13.1 Å². The Morgan fingerprint density at radius 3 is 2.50 bits per heavy atom. The van der Waals surface area contributed by atoms with E-state index < -0.39 is 5.60 Å². The molecule has 0 aliphatic carbocycles. The molecule has 0 bridgehead atoms. The minimum absolute atomic E-state index is 0. The highest BCUT2D eigenvalue weighted by atomic mass is 35.5. The lowest BCUT2D eigenvalue weighted by atomic mass is 9.88. The highest BCUT2D eigenvalue weighted by Crippen LogP contribution is 2.48. The van der Waals surface area contributed by atoms with Gasteiger partial charge in [0, 0.05) is 23.7 Å². The van der Waals surface area contributed by atoms with E-state index in [0.29, 0.717) is 38.3 Å². The van der Waals surface area contributed by atoms with Gasteiger partial charge in [-0.15, -0.1) is 12.4 Å². The van der Waals surface area contributed by atoms with Crippen LogP contribution in [0.25, 0.3) is 16.9 Å². The minimum Gasteiger partial charge on any atom is -0.482 e. The SMILES string of the molecule is CC1(C)Oc2cc(C#N)ccc2-c2c1c(C(=O)NN1CCCCCC1)nn2-c1ccc(Cl)cc1Cl.Cl. The van der Waals surface area contributed by atoms with Crippen LogP contribution in [0, 0.1) is 11.3 Å². The largest absolute Gasteiger partial charge is 0.482 e. The molecule has 1 aromatic heterocycles. The van der Waals surface area contributed by atoms with Crippen LogP contribution in [0.2, 0.25) is 10.0 Å². The quantitative estimate of drug-likeness (QED) is 0.417. The van der Waals surface area contributed by atoms with Gasteiger partial charge in [0.05, 0.1) is 33.6 Å². The maximum absolute atomic E-state index is 13.6. The van der Waals surface area contributed by atoms with Gasteiger partial charge < -0.3 is 4.74 Å². The Kier molecular flexibility index (Phi) is 7.53. The maximum atomic E-state index is 13.6. The zero-order chi connectivity index (χ0) is 24.7. The van der Waals surface area contributed by atoms with E-state index in [4.69, 9.17) is 33.0 Å². The number of rotatable bonds is 3. The summed E-state index contributed by atoms with van der Waals surface area (Å²) in [6.07, 6.45) is 4.40. The summed E-state index contributed by atoms with van der Waals surface area (Å²) in [5.74, 6) is 0.257. The lowest BCUT2D eigenvalue weighted by molar-refractivity contribution is 0.0760. The smallest absolute Gasteiger partial charge is 0.286 e. The maximum Gasteiger partial charge on any atom is 0.286 e. The number of nitrogens with one attached hydrogen (secondary N) is 1. The summed E-state index contributed by atoms with van der Waals surface area (Å²) in [7, 11) is 0. The van der Waals surface area contributed by atoms with Crippen LogP contribution >= 0.6 is 35.6 Å². The Balaban J connectivity index is 0.00000304. The van der Waals surface area contributed by atoms with Crippen LogP contribution in [0.1, 0.15) is 61.1 Å². The standard InChI is InChI=1S/C26H25Cl2N5O2.ClH/c1-26(2)22-23(25(34)31-32-11-5-3-4-6-12-32)30-33(20-10-8-17(27)14-19(20)28)24(22)18-9-7-16(15-29)13-21(18)35-26;/h7-10,13-14H,3-6,11-12H2,1-2H3,(H,31,34);1H. The first-order chi connectivity index (χ1) is 16.8. The number of carbonyl (C=O) groups excluding carboxylic acids is 1. The average molecular weight is 547 g/mol. The molecule has 1 amide bonds. The third-order valence-electron chi connectivity index (χ3n) is 6.44. The second-order valence-electron chi connectivity index (χ2n) is 9.36. The molecule has 2 aliphatic heterocycles. The molecule has 5 rings (SSSR count). The zero-order valence-electron chi connectivity index (χ0n) is 20.0. The van der Waals surface area contributed by atoms with Crippen LogP contribution < -0.4 is 10.2 Å². The lowest BCUT2D eigenvalue weighted by Gasteiger charge is -2.33. The molecular weight excluding hydrogens is 521 g/mol. The predicted octanol–water partition coefficient (Wildman–Crippen LogP) is 6.29. The number of fused-ring (bicyclic) bond motifs is 3. The van der Waals surface area contributed by atoms with Crippen molar-refractivity contribution < 1.29 is 9.53 Å². The Hall–Kier alpha value is -2.76. The van der Waals surface area contributed by atoms with Gasteiger partial charge >= 0.3 is 0 Å². The van der Waals surface area contributed by atoms with E-state index >= 15 is 0 Å². The Morgan fingerprint density at radius 1 is 1.11 bits per heavy atom. The molecule has 10 heteroatoms. The van der Waals surface area contributed by atoms with E-state index in [0.717, 1.165) is 44.3 Å². The van der Waals surface area contributed by atoms with E-state index in [9.17, 15) is 10.1 Å². The summed E-state index contributed by atoms with van der Waals surface area (Å²) >= 11 is 12.7. The lowest BCUT2D eigenvalue weighted by Crippen LogP contribution is -2.44. The molecule has 7 nitrogen and oxygen atoms in total. The molecular formula is C26H26Cl3N5O2. The van der Waals surface area contributed by atoms with Gasteiger partial charge in [0.15, 0.2) is 5.69 Å². The molecule has 1 N–H and O–H groups in total. The molecule has 0 unspecified atom stereocenters. The third kappa shape index (κ3) is 4.79. The second-order valence-corrected chi connectivity index (χ2v) is 10.2. The fraction of sp³-hybridized carbons (Fsp3) is 0.346. The number of halogens is 3. The normalized spacial score (nSPS) is 16.4. The second kappa shape index (κ2) is 10.3. The van der Waals surface area contributed by atoms with Gasteiger partial charge in [0.2, 0.25) is 0 Å². The highest BCUT2D eigenvalue weighted by Gasteiger charge is 2.41. The molecule has 2 aliphatic rings. The van der Waals surface area contributed by atoms with Crippen LogP contribution in [0.3, 0.4) is 0 Å². The summed E-state index contributed by atoms with van der Waals surface area (Å²) in [5.41, 5.74) is 5.61. The number of nitrogens with zero attached hydrogens (tertiary/aromatic N) is 4. The number of nitriles is 1. The molecule has 3 heterocycles. The summed E-state index contributed by atoms with van der Waals surface area (Å²) in [5, 5.41) is 17.1. The molecule has 36 heavy (non-hydrogen) atoms. The van der Waals surface area contributed by atoms with Crippen molar-refractivity contribution in [1.82, 2.24) is 20.2 Å². The number of amides is 1. The molecule has 3 aromatic rings. The molecule has 0 saturated carbocycles. The topological polar surface area (TPSA) is 83.2 Å². The number of hydrogen-bond acceptors (Lipinski definition) is 5. The minimum atomic E-state index is -0.890. The van der Waals surface area contributed by atoms with E-state index in [1.165, 1.54) is 0 Å². The molecule has 0 radical (unpaired) electrons. The van der Waals surface area contributed by atoms with Crippen LogP contribution in [0.15, 0.2) is 36.4 Å². The number of ether oxygens (including phenoxy) is 1. The highest BCUT2D eigenvalue weighted by molar-refractivity contribution is 6.35. The number of carbonyl (C=O) groups is 1. The first-order valence-electron chi connectivity index (χ1n) is 11.7. The van der Waals surface area contributed by atoms with Crippen molar-refractivity contribution in [3.05, 3.63) is 63.3 Å². The molecule has 1 saturated heterocycles. The van der Waals surface area contributed by atoms with Crippen molar-refractivity contribution >= 4 is 41.5 Å². The van der Waals surface area contributed by atoms with Crippen molar-refractivity contribution in [3.8, 4) is 28.8 Å². The van der Waals surface area contributed by atoms with Gasteiger partial charge in [-0.2, -0.15) is 10.4 Å². The van der Waals surface area contributed by atoms with Gasteiger partial charge in [-0.25, -0.2) is 9.69 Å². The van der Waals surface area contributed by atoms with Crippen molar-refractivity contribution in [1.29, 1.82) is 5.26 Å². The van der Waals surface area contributed by atoms with E-state index in [1.54, 1.807) is 35.0 Å². The number of aromatic nitrogens is 2. The van der Waals surface area contributed by atoms with Gasteiger partial charge in [-0.05, 0) is 63.1 Å². The summed E-state index contributed by atoms with van der Waals surface area (Å²) in [6.45, 7) is 5.40. The predicted molar refractivity (Wildman–Crippen MR) is 142 cm³/mol. The van der Waals surface area contributed by atoms with E-state index in [2.05, 4.69) is 11.5 Å². The van der Waals surface area contributed by atoms with Crippen molar-refractivity contribution in [2.45, 2.75) is 45.1 Å². The van der Waals surface area contributed by atoms with E-state index in [-0.39, 0.29) is 24.0 Å². The first kappa shape index (κ1) is 26.3. The monoisotopic (exact) mass is 545 g/mol. The number of benzene rings is 2. The van der Waals surface area contributed by atoms with Crippen LogP contribution in [0.4, 0.5) is 0 Å². The van der Waals surface area contributed by atoms with Gasteiger partial charge in [-0.1, -0.05) is 36.0 Å². The van der Waals surface area contributed by atoms with Gasteiger partial charge in [0.1, 0.15) is 11.4 Å². The fourth-order valence-corrected chi connectivity index (χ4v) is 5.29. The van der Waals surface area contributed by atoms with Crippen LogP contribution in [0.5, 0.6) is 5.75 Å². The Morgan fingerprint density at radius 2 is 1.83 bits per heavy atom. The number of hydrogen-bond donors (Lipinski definition) is 1. The molecule has 1 fully saturated rings. The Labute approximate surface area is 226 Å². The summed E-state index contributed by atoms with van der Waals surface area (Å²) < 4.78 is 8.02. The van der Waals surface area contributed by atoms with Crippen LogP contribution in [-0.2, 0) is 5.60 Å². The van der Waals surface area contributed by atoms with Gasteiger partial charge in [0.25, 0.3) is 5.91 Å². The summed E-state index contributed by atoms with van der Waals surface area (Å²) in [4.78, 5) is 13.6. The van der Waals surface area contributed by atoms with Crippen LogP contribution in [-0.4, -0.2) is 33.8 Å². The van der Waals surface area contributed by atoms with E-state index in [1.807, 2.05) is 24.9 Å². The van der Waals surface area contributed by atoms with Crippen molar-refractivity contribution in [2.24, 2.45) is 0 Å². The molecule has 188 valence electrons. The molecule has 0 spiro atoms.